The summed E-state index contributed by atoms with van der Waals surface area (Å²) in [5, 5.41) is 13.8. The minimum atomic E-state index is -0.937. The molecule has 1 atom stereocenters. The number of aliphatic carboxylic acids is 1. The predicted octanol–water partition coefficient (Wildman–Crippen LogP) is 1.22. The molecule has 19 heavy (non-hydrogen) atoms. The van der Waals surface area contributed by atoms with E-state index in [4.69, 9.17) is 9.84 Å². The normalized spacial score (nSPS) is 11.5. The second kappa shape index (κ2) is 7.25. The Kier molecular flexibility index (Phi) is 5.66. The van der Waals surface area contributed by atoms with Gasteiger partial charge in [-0.2, -0.15) is 0 Å². The van der Waals surface area contributed by atoms with Crippen molar-refractivity contribution in [1.29, 1.82) is 0 Å². The van der Waals surface area contributed by atoms with Crippen molar-refractivity contribution in [3.63, 3.8) is 0 Å². The molecule has 104 valence electrons. The molecular formula is C13H18N2O4. The fourth-order valence-electron chi connectivity index (χ4n) is 1.36. The van der Waals surface area contributed by atoms with Gasteiger partial charge in [0.05, 0.1) is 13.0 Å². The number of benzene rings is 1. The molecule has 0 spiro atoms. The van der Waals surface area contributed by atoms with Crippen LogP contribution in [0.1, 0.15) is 12.5 Å². The van der Waals surface area contributed by atoms with E-state index < -0.39 is 17.9 Å². The highest BCUT2D eigenvalue weighted by molar-refractivity contribution is 5.75. The third-order valence-electron chi connectivity index (χ3n) is 2.58. The minimum Gasteiger partial charge on any atom is -0.497 e. The average molecular weight is 266 g/mol. The van der Waals surface area contributed by atoms with Gasteiger partial charge in [0.25, 0.3) is 0 Å². The van der Waals surface area contributed by atoms with Crippen molar-refractivity contribution < 1.29 is 19.4 Å². The Morgan fingerprint density at radius 3 is 2.74 bits per heavy atom. The zero-order valence-corrected chi connectivity index (χ0v) is 11.0. The summed E-state index contributed by atoms with van der Waals surface area (Å²) in [5.74, 6) is -0.824. The Morgan fingerprint density at radius 2 is 2.11 bits per heavy atom. The fraction of sp³-hybridized carbons (Fsp3) is 0.385. The molecule has 0 radical (unpaired) electrons. The molecule has 1 unspecified atom stereocenters. The maximum Gasteiger partial charge on any atom is 0.315 e. The monoisotopic (exact) mass is 266 g/mol. The molecule has 0 aliphatic carbocycles. The third-order valence-corrected chi connectivity index (χ3v) is 2.58. The van der Waals surface area contributed by atoms with Gasteiger partial charge in [0.1, 0.15) is 5.75 Å². The first-order chi connectivity index (χ1) is 9.02. The standard InChI is InChI=1S/C13H18N2O4/c1-9(12(16)17)7-14-13(18)15-8-10-4-3-5-11(6-10)19-2/h3-6,9H,7-8H2,1-2H3,(H,16,17)(H2,14,15,18). The molecule has 6 nitrogen and oxygen atoms in total. The quantitative estimate of drug-likeness (QED) is 0.722. The van der Waals surface area contributed by atoms with Crippen molar-refractivity contribution in [1.82, 2.24) is 10.6 Å². The molecule has 0 aromatic heterocycles. The van der Waals surface area contributed by atoms with Crippen LogP contribution in [0.5, 0.6) is 5.75 Å². The van der Waals surface area contributed by atoms with E-state index in [1.165, 1.54) is 6.92 Å². The van der Waals surface area contributed by atoms with E-state index in [0.29, 0.717) is 6.54 Å². The molecule has 0 aliphatic rings. The molecule has 0 bridgehead atoms. The zero-order valence-electron chi connectivity index (χ0n) is 11.0. The van der Waals surface area contributed by atoms with Gasteiger partial charge in [0, 0.05) is 13.1 Å². The molecule has 1 aromatic carbocycles. The Balaban J connectivity index is 2.35. The van der Waals surface area contributed by atoms with Gasteiger partial charge in [-0.15, -0.1) is 0 Å². The van der Waals surface area contributed by atoms with E-state index in [-0.39, 0.29) is 6.54 Å². The highest BCUT2D eigenvalue weighted by Gasteiger charge is 2.11. The molecule has 0 aliphatic heterocycles. The molecule has 3 N–H and O–H groups in total. The number of urea groups is 1. The molecule has 2 amide bonds. The van der Waals surface area contributed by atoms with Crippen molar-refractivity contribution in [2.75, 3.05) is 13.7 Å². The molecule has 0 saturated carbocycles. The van der Waals surface area contributed by atoms with Crippen LogP contribution in [-0.2, 0) is 11.3 Å². The maximum absolute atomic E-state index is 11.5. The van der Waals surface area contributed by atoms with Crippen molar-refractivity contribution in [3.8, 4) is 5.75 Å². The van der Waals surface area contributed by atoms with Crippen LogP contribution in [0.25, 0.3) is 0 Å². The van der Waals surface area contributed by atoms with Gasteiger partial charge >= 0.3 is 12.0 Å². The lowest BCUT2D eigenvalue weighted by Gasteiger charge is -2.10. The number of carboxylic acids is 1. The number of ether oxygens (including phenoxy) is 1. The van der Waals surface area contributed by atoms with E-state index in [1.54, 1.807) is 7.11 Å². The van der Waals surface area contributed by atoms with Gasteiger partial charge in [-0.05, 0) is 17.7 Å². The van der Waals surface area contributed by atoms with Crippen LogP contribution in [0, 0.1) is 5.92 Å². The van der Waals surface area contributed by atoms with Gasteiger partial charge in [-0.3, -0.25) is 4.79 Å². The molecule has 0 heterocycles. The molecule has 0 fully saturated rings. The van der Waals surface area contributed by atoms with Crippen LogP contribution < -0.4 is 15.4 Å². The maximum atomic E-state index is 11.5. The van der Waals surface area contributed by atoms with Crippen LogP contribution in [0.2, 0.25) is 0 Å². The number of amides is 2. The number of carbonyl (C=O) groups is 2. The van der Waals surface area contributed by atoms with Crippen LogP contribution in [-0.4, -0.2) is 30.8 Å². The smallest absolute Gasteiger partial charge is 0.315 e. The van der Waals surface area contributed by atoms with Gasteiger partial charge in [0.15, 0.2) is 0 Å². The minimum absolute atomic E-state index is 0.0965. The Morgan fingerprint density at radius 1 is 1.37 bits per heavy atom. The first-order valence-corrected chi connectivity index (χ1v) is 5.90. The summed E-state index contributed by atoms with van der Waals surface area (Å²) in [6.45, 7) is 1.98. The second-order valence-corrected chi connectivity index (χ2v) is 4.15. The summed E-state index contributed by atoms with van der Waals surface area (Å²) >= 11 is 0. The Labute approximate surface area is 111 Å². The molecule has 1 rings (SSSR count). The number of hydrogen-bond donors (Lipinski definition) is 3. The fourth-order valence-corrected chi connectivity index (χ4v) is 1.36. The van der Waals surface area contributed by atoms with Gasteiger partial charge in [-0.1, -0.05) is 19.1 Å². The third kappa shape index (κ3) is 5.29. The number of carbonyl (C=O) groups excluding carboxylic acids is 1. The van der Waals surface area contributed by atoms with Gasteiger partial charge in [-0.25, -0.2) is 4.79 Å². The number of carboxylic acid groups (broad SMARTS) is 1. The number of rotatable bonds is 6. The highest BCUT2D eigenvalue weighted by Crippen LogP contribution is 2.11. The number of methoxy groups -OCH3 is 1. The van der Waals surface area contributed by atoms with Crippen molar-refractivity contribution in [2.24, 2.45) is 5.92 Å². The van der Waals surface area contributed by atoms with Crippen molar-refractivity contribution >= 4 is 12.0 Å². The van der Waals surface area contributed by atoms with Crippen LogP contribution in [0.15, 0.2) is 24.3 Å². The van der Waals surface area contributed by atoms with E-state index in [9.17, 15) is 9.59 Å². The van der Waals surface area contributed by atoms with Crippen LogP contribution in [0.3, 0.4) is 0 Å². The van der Waals surface area contributed by atoms with Crippen LogP contribution in [0.4, 0.5) is 4.79 Å². The van der Waals surface area contributed by atoms with Gasteiger partial charge < -0.3 is 20.5 Å². The number of nitrogens with one attached hydrogen (secondary N) is 2. The Bertz CT molecular complexity index is 448. The summed E-state index contributed by atoms with van der Waals surface area (Å²) in [7, 11) is 1.58. The summed E-state index contributed by atoms with van der Waals surface area (Å²) in [6, 6.07) is 6.94. The largest absolute Gasteiger partial charge is 0.497 e. The molecule has 0 saturated heterocycles. The summed E-state index contributed by atoms with van der Waals surface area (Å²) < 4.78 is 5.07. The SMILES string of the molecule is COc1cccc(CNC(=O)NCC(C)C(=O)O)c1. The Hall–Kier alpha value is -2.24. The lowest BCUT2D eigenvalue weighted by molar-refractivity contribution is -0.140. The molecule has 1 aromatic rings. The zero-order chi connectivity index (χ0) is 14.3. The topological polar surface area (TPSA) is 87.7 Å². The lowest BCUT2D eigenvalue weighted by atomic mass is 10.2. The average Bonchev–Trinajstić information content (AvgIpc) is 2.42. The molecule has 6 heteroatoms. The van der Waals surface area contributed by atoms with Crippen LogP contribution >= 0.6 is 0 Å². The summed E-state index contributed by atoms with van der Waals surface area (Å²) in [4.78, 5) is 22.0. The van der Waals surface area contributed by atoms with E-state index in [2.05, 4.69) is 10.6 Å². The first kappa shape index (κ1) is 14.8. The van der Waals surface area contributed by atoms with Crippen molar-refractivity contribution in [3.05, 3.63) is 29.8 Å². The summed E-state index contributed by atoms with van der Waals surface area (Å²) in [6.07, 6.45) is 0. The van der Waals surface area contributed by atoms with Crippen molar-refractivity contribution in [2.45, 2.75) is 13.5 Å². The van der Waals surface area contributed by atoms with E-state index >= 15 is 0 Å². The number of hydrogen-bond acceptors (Lipinski definition) is 3. The van der Waals surface area contributed by atoms with E-state index in [0.717, 1.165) is 11.3 Å². The highest BCUT2D eigenvalue weighted by atomic mass is 16.5. The van der Waals surface area contributed by atoms with E-state index in [1.807, 2.05) is 24.3 Å². The summed E-state index contributed by atoms with van der Waals surface area (Å²) in [5.41, 5.74) is 0.904. The molecular weight excluding hydrogens is 248 g/mol. The lowest BCUT2D eigenvalue weighted by Crippen LogP contribution is -2.38. The first-order valence-electron chi connectivity index (χ1n) is 5.90. The van der Waals surface area contributed by atoms with Gasteiger partial charge in [0.2, 0.25) is 0 Å². The predicted molar refractivity (Wildman–Crippen MR) is 70.0 cm³/mol. The second-order valence-electron chi connectivity index (χ2n) is 4.15.